The smallest absolute Gasteiger partial charge is 0.178 e. The van der Waals surface area contributed by atoms with Crippen LogP contribution in [-0.2, 0) is 0 Å². The molecule has 2 aromatic rings. The van der Waals surface area contributed by atoms with Crippen molar-refractivity contribution in [1.29, 1.82) is 0 Å². The van der Waals surface area contributed by atoms with Crippen LogP contribution in [0.4, 0.5) is 0 Å². The van der Waals surface area contributed by atoms with E-state index >= 15 is 0 Å². The highest BCUT2D eigenvalue weighted by Crippen LogP contribution is 2.28. The Morgan fingerprint density at radius 3 is 2.78 bits per heavy atom. The molecule has 0 aliphatic rings. The molecule has 3 nitrogen and oxygen atoms in total. The van der Waals surface area contributed by atoms with Gasteiger partial charge in [0.05, 0.1) is 6.61 Å². The molecule has 1 heterocycles. The third-order valence-corrected chi connectivity index (χ3v) is 3.48. The lowest BCUT2D eigenvalue weighted by molar-refractivity contribution is 0.101. The molecular formula is C14H15NO2S. The number of aryl methyl sites for hydroxylation is 1. The van der Waals surface area contributed by atoms with Gasteiger partial charge in [-0.3, -0.25) is 4.79 Å². The van der Waals surface area contributed by atoms with Crippen LogP contribution in [-0.4, -0.2) is 17.4 Å². The molecule has 2 rings (SSSR count). The second kappa shape index (κ2) is 5.31. The van der Waals surface area contributed by atoms with Gasteiger partial charge in [-0.2, -0.15) is 0 Å². The van der Waals surface area contributed by atoms with Gasteiger partial charge in [0.2, 0.25) is 0 Å². The molecule has 0 atom stereocenters. The second-order valence-electron chi connectivity index (χ2n) is 4.01. The van der Waals surface area contributed by atoms with E-state index in [1.165, 1.54) is 18.3 Å². The number of hydrogen-bond donors (Lipinski definition) is 0. The highest BCUT2D eigenvalue weighted by atomic mass is 32.1. The summed E-state index contributed by atoms with van der Waals surface area (Å²) in [5.41, 5.74) is 2.63. The van der Waals surface area contributed by atoms with Crippen LogP contribution in [0.3, 0.4) is 0 Å². The molecule has 1 aromatic heterocycles. The van der Waals surface area contributed by atoms with Gasteiger partial charge < -0.3 is 4.74 Å². The van der Waals surface area contributed by atoms with Crippen LogP contribution in [0.25, 0.3) is 10.6 Å². The number of thiazole rings is 1. The quantitative estimate of drug-likeness (QED) is 0.787. The van der Waals surface area contributed by atoms with Gasteiger partial charge in [0.25, 0.3) is 0 Å². The minimum Gasteiger partial charge on any atom is -0.494 e. The van der Waals surface area contributed by atoms with E-state index in [-0.39, 0.29) is 5.78 Å². The number of nitrogens with zero attached hydrogens (tertiary/aromatic N) is 1. The maximum atomic E-state index is 11.2. The van der Waals surface area contributed by atoms with Gasteiger partial charge in [0.1, 0.15) is 16.5 Å². The summed E-state index contributed by atoms with van der Waals surface area (Å²) < 4.78 is 5.50. The van der Waals surface area contributed by atoms with Crippen LogP contribution in [0, 0.1) is 6.92 Å². The first kappa shape index (κ1) is 12.8. The third-order valence-electron chi connectivity index (χ3n) is 2.59. The first-order valence-electron chi connectivity index (χ1n) is 5.82. The number of rotatable bonds is 4. The van der Waals surface area contributed by atoms with Crippen LogP contribution in [0.1, 0.15) is 29.9 Å². The standard InChI is InChI=1S/C14H15NO2S/c1-4-17-13-6-5-11(7-9(13)2)14-15-12(8-18-14)10(3)16/h5-8H,4H2,1-3H3. The molecule has 1 aromatic carbocycles. The average Bonchev–Trinajstić information content (AvgIpc) is 2.81. The zero-order valence-electron chi connectivity index (χ0n) is 10.7. The van der Waals surface area contributed by atoms with Crippen molar-refractivity contribution in [3.05, 3.63) is 34.8 Å². The molecule has 0 aliphatic heterocycles. The van der Waals surface area contributed by atoms with Crippen molar-refractivity contribution in [2.45, 2.75) is 20.8 Å². The molecule has 0 amide bonds. The molecule has 0 aliphatic carbocycles. The molecule has 0 bridgehead atoms. The summed E-state index contributed by atoms with van der Waals surface area (Å²) in [5, 5.41) is 2.66. The van der Waals surface area contributed by atoms with Gasteiger partial charge in [-0.1, -0.05) is 0 Å². The third kappa shape index (κ3) is 2.59. The number of benzene rings is 1. The van der Waals surface area contributed by atoms with Crippen molar-refractivity contribution in [2.24, 2.45) is 0 Å². The van der Waals surface area contributed by atoms with Crippen molar-refractivity contribution in [2.75, 3.05) is 6.61 Å². The Morgan fingerprint density at radius 1 is 1.44 bits per heavy atom. The average molecular weight is 261 g/mol. The fraction of sp³-hybridized carbons (Fsp3) is 0.286. The fourth-order valence-corrected chi connectivity index (χ4v) is 2.52. The Hall–Kier alpha value is -1.68. The van der Waals surface area contributed by atoms with E-state index in [4.69, 9.17) is 4.74 Å². The zero-order chi connectivity index (χ0) is 13.1. The van der Waals surface area contributed by atoms with Gasteiger partial charge in [-0.25, -0.2) is 4.98 Å². The van der Waals surface area contributed by atoms with Crippen molar-refractivity contribution < 1.29 is 9.53 Å². The molecule has 18 heavy (non-hydrogen) atoms. The number of ether oxygens (including phenoxy) is 1. The molecule has 0 spiro atoms. The lowest BCUT2D eigenvalue weighted by atomic mass is 10.1. The molecule has 0 saturated carbocycles. The summed E-state index contributed by atoms with van der Waals surface area (Å²) >= 11 is 1.49. The van der Waals surface area contributed by atoms with Crippen LogP contribution in [0.2, 0.25) is 0 Å². The molecule has 4 heteroatoms. The van der Waals surface area contributed by atoms with E-state index in [9.17, 15) is 4.79 Å². The van der Waals surface area contributed by atoms with E-state index in [0.29, 0.717) is 12.3 Å². The van der Waals surface area contributed by atoms with Crippen LogP contribution in [0.5, 0.6) is 5.75 Å². The fourth-order valence-electron chi connectivity index (χ4n) is 1.67. The maximum Gasteiger partial charge on any atom is 0.178 e. The molecule has 0 unspecified atom stereocenters. The normalized spacial score (nSPS) is 10.4. The summed E-state index contributed by atoms with van der Waals surface area (Å²) in [6, 6.07) is 5.96. The van der Waals surface area contributed by atoms with E-state index < -0.39 is 0 Å². The van der Waals surface area contributed by atoms with Crippen molar-refractivity contribution >= 4 is 17.1 Å². The highest BCUT2D eigenvalue weighted by Gasteiger charge is 2.09. The highest BCUT2D eigenvalue weighted by molar-refractivity contribution is 7.13. The summed E-state index contributed by atoms with van der Waals surface area (Å²) in [7, 11) is 0. The van der Waals surface area contributed by atoms with Crippen molar-refractivity contribution in [1.82, 2.24) is 4.98 Å². The Bertz CT molecular complexity index is 575. The lowest BCUT2D eigenvalue weighted by Crippen LogP contribution is -1.94. The Morgan fingerprint density at radius 2 is 2.22 bits per heavy atom. The summed E-state index contributed by atoms with van der Waals surface area (Å²) in [5.74, 6) is 0.893. The molecule has 0 saturated heterocycles. The van der Waals surface area contributed by atoms with E-state index in [2.05, 4.69) is 4.98 Å². The van der Waals surface area contributed by atoms with Gasteiger partial charge >= 0.3 is 0 Å². The summed E-state index contributed by atoms with van der Waals surface area (Å²) in [4.78, 5) is 15.5. The number of carbonyl (C=O) groups excluding carboxylic acids is 1. The Labute approximate surface area is 110 Å². The van der Waals surface area contributed by atoms with Crippen LogP contribution < -0.4 is 4.74 Å². The number of Topliss-reactive ketones (excluding diaryl/α,β-unsaturated/α-hetero) is 1. The number of carbonyl (C=O) groups is 1. The predicted molar refractivity (Wildman–Crippen MR) is 73.5 cm³/mol. The lowest BCUT2D eigenvalue weighted by Gasteiger charge is -2.07. The topological polar surface area (TPSA) is 39.2 Å². The summed E-state index contributed by atoms with van der Waals surface area (Å²) in [6.45, 7) is 6.16. The monoisotopic (exact) mass is 261 g/mol. The largest absolute Gasteiger partial charge is 0.494 e. The van der Waals surface area contributed by atoms with Gasteiger partial charge in [-0.05, 0) is 37.6 Å². The Balaban J connectivity index is 2.33. The second-order valence-corrected chi connectivity index (χ2v) is 4.87. The van der Waals surface area contributed by atoms with Gasteiger partial charge in [-0.15, -0.1) is 11.3 Å². The minimum absolute atomic E-state index is 0.000147. The van der Waals surface area contributed by atoms with Gasteiger partial charge in [0, 0.05) is 17.9 Å². The maximum absolute atomic E-state index is 11.2. The number of ketones is 1. The van der Waals surface area contributed by atoms with Crippen LogP contribution >= 0.6 is 11.3 Å². The molecule has 0 N–H and O–H groups in total. The first-order valence-corrected chi connectivity index (χ1v) is 6.70. The minimum atomic E-state index is 0.000147. The number of aromatic nitrogens is 1. The first-order chi connectivity index (χ1) is 8.61. The number of hydrogen-bond acceptors (Lipinski definition) is 4. The van der Waals surface area contributed by atoms with Gasteiger partial charge in [0.15, 0.2) is 5.78 Å². The van der Waals surface area contributed by atoms with Crippen molar-refractivity contribution in [3.63, 3.8) is 0 Å². The molecule has 94 valence electrons. The predicted octanol–water partition coefficient (Wildman–Crippen LogP) is 3.72. The van der Waals surface area contributed by atoms with Crippen molar-refractivity contribution in [3.8, 4) is 16.3 Å². The Kier molecular flexibility index (Phi) is 3.77. The molecule has 0 fully saturated rings. The van der Waals surface area contributed by atoms with E-state index in [0.717, 1.165) is 21.9 Å². The van der Waals surface area contributed by atoms with E-state index in [1.807, 2.05) is 32.0 Å². The SMILES string of the molecule is CCOc1ccc(-c2nc(C(C)=O)cs2)cc1C. The zero-order valence-corrected chi connectivity index (χ0v) is 11.5. The molecular weight excluding hydrogens is 246 g/mol. The van der Waals surface area contributed by atoms with Crippen LogP contribution in [0.15, 0.2) is 23.6 Å². The molecule has 0 radical (unpaired) electrons. The van der Waals surface area contributed by atoms with E-state index in [1.54, 1.807) is 5.38 Å². The summed E-state index contributed by atoms with van der Waals surface area (Å²) in [6.07, 6.45) is 0.